The van der Waals surface area contributed by atoms with E-state index in [-0.39, 0.29) is 0 Å². The Hall–Kier alpha value is -2.55. The van der Waals surface area contributed by atoms with Gasteiger partial charge in [0.15, 0.2) is 0 Å². The van der Waals surface area contributed by atoms with Gasteiger partial charge in [-0.05, 0) is 17.7 Å². The van der Waals surface area contributed by atoms with Gasteiger partial charge in [0.05, 0.1) is 24.5 Å². The SMILES string of the molecule is C=C(OC)c1ccc(Cn2cnc3ccccc32)cc1. The molecule has 3 rings (SSSR count). The highest BCUT2D eigenvalue weighted by molar-refractivity contribution is 5.75. The van der Waals surface area contributed by atoms with Crippen molar-refractivity contribution in [1.82, 2.24) is 9.55 Å². The molecule has 0 fully saturated rings. The third kappa shape index (κ3) is 2.30. The lowest BCUT2D eigenvalue weighted by atomic mass is 10.1. The van der Waals surface area contributed by atoms with Gasteiger partial charge in [-0.3, -0.25) is 0 Å². The van der Waals surface area contributed by atoms with Crippen LogP contribution in [-0.2, 0) is 11.3 Å². The predicted molar refractivity (Wildman–Crippen MR) is 81.3 cm³/mol. The Morgan fingerprint density at radius 3 is 2.65 bits per heavy atom. The van der Waals surface area contributed by atoms with Crippen LogP contribution in [0, 0.1) is 0 Å². The van der Waals surface area contributed by atoms with Crippen LogP contribution >= 0.6 is 0 Å². The van der Waals surface area contributed by atoms with E-state index in [1.54, 1.807) is 7.11 Å². The van der Waals surface area contributed by atoms with Crippen LogP contribution in [0.25, 0.3) is 16.8 Å². The Morgan fingerprint density at radius 2 is 1.90 bits per heavy atom. The average molecular weight is 264 g/mol. The summed E-state index contributed by atoms with van der Waals surface area (Å²) in [5, 5.41) is 0. The molecule has 0 radical (unpaired) electrons. The number of hydrogen-bond acceptors (Lipinski definition) is 2. The maximum Gasteiger partial charge on any atom is 0.118 e. The highest BCUT2D eigenvalue weighted by Gasteiger charge is 2.03. The van der Waals surface area contributed by atoms with Crippen LogP contribution in [0.4, 0.5) is 0 Å². The molecule has 1 aromatic heterocycles. The minimum absolute atomic E-state index is 0.685. The first kappa shape index (κ1) is 12.5. The van der Waals surface area contributed by atoms with Crippen LogP contribution < -0.4 is 0 Å². The number of methoxy groups -OCH3 is 1. The number of imidazole rings is 1. The Bertz CT molecular complexity index is 741. The van der Waals surface area contributed by atoms with Gasteiger partial charge in [0.25, 0.3) is 0 Å². The van der Waals surface area contributed by atoms with E-state index < -0.39 is 0 Å². The molecule has 0 amide bonds. The molecule has 0 bridgehead atoms. The second-order valence-corrected chi connectivity index (χ2v) is 4.69. The standard InChI is InChI=1S/C17H16N2O/c1-13(20-2)15-9-7-14(8-10-15)11-19-12-18-16-5-3-4-6-17(16)19/h3-10,12H,1,11H2,2H3. The van der Waals surface area contributed by atoms with Gasteiger partial charge in [-0.2, -0.15) is 0 Å². The van der Waals surface area contributed by atoms with Gasteiger partial charge in [-0.25, -0.2) is 4.98 Å². The molecule has 0 spiro atoms. The van der Waals surface area contributed by atoms with Crippen molar-refractivity contribution in [3.8, 4) is 0 Å². The van der Waals surface area contributed by atoms with Crippen LogP contribution in [0.2, 0.25) is 0 Å². The zero-order valence-corrected chi connectivity index (χ0v) is 11.4. The van der Waals surface area contributed by atoms with E-state index >= 15 is 0 Å². The fourth-order valence-corrected chi connectivity index (χ4v) is 2.25. The van der Waals surface area contributed by atoms with Gasteiger partial charge in [-0.1, -0.05) is 43.0 Å². The summed E-state index contributed by atoms with van der Waals surface area (Å²) in [5.41, 5.74) is 4.40. The van der Waals surface area contributed by atoms with E-state index in [1.807, 2.05) is 36.7 Å². The quantitative estimate of drug-likeness (QED) is 0.672. The lowest BCUT2D eigenvalue weighted by molar-refractivity contribution is 0.371. The molecule has 0 aliphatic carbocycles. The van der Waals surface area contributed by atoms with Crippen molar-refractivity contribution in [2.24, 2.45) is 0 Å². The van der Waals surface area contributed by atoms with Crippen molar-refractivity contribution >= 4 is 16.8 Å². The summed E-state index contributed by atoms with van der Waals surface area (Å²) in [7, 11) is 1.63. The molecule has 3 aromatic rings. The fourth-order valence-electron chi connectivity index (χ4n) is 2.25. The second-order valence-electron chi connectivity index (χ2n) is 4.69. The van der Waals surface area contributed by atoms with Crippen LogP contribution in [0.15, 0.2) is 61.4 Å². The predicted octanol–water partition coefficient (Wildman–Crippen LogP) is 3.70. The molecule has 3 nitrogen and oxygen atoms in total. The maximum atomic E-state index is 5.13. The van der Waals surface area contributed by atoms with Gasteiger partial charge in [-0.15, -0.1) is 0 Å². The lowest BCUT2D eigenvalue weighted by Gasteiger charge is -2.07. The molecule has 100 valence electrons. The summed E-state index contributed by atoms with van der Waals surface area (Å²) in [6, 6.07) is 16.4. The molecular weight excluding hydrogens is 248 g/mol. The minimum atomic E-state index is 0.685. The third-order valence-corrected chi connectivity index (χ3v) is 3.40. The largest absolute Gasteiger partial charge is 0.497 e. The minimum Gasteiger partial charge on any atom is -0.497 e. The number of fused-ring (bicyclic) bond motifs is 1. The van der Waals surface area contributed by atoms with Crippen LogP contribution in [0.5, 0.6) is 0 Å². The van der Waals surface area contributed by atoms with E-state index in [1.165, 1.54) is 5.56 Å². The average Bonchev–Trinajstić information content (AvgIpc) is 2.91. The second kappa shape index (κ2) is 5.21. The maximum absolute atomic E-state index is 5.13. The monoisotopic (exact) mass is 264 g/mol. The third-order valence-electron chi connectivity index (χ3n) is 3.40. The zero-order valence-electron chi connectivity index (χ0n) is 11.4. The van der Waals surface area contributed by atoms with Crippen molar-refractivity contribution in [2.45, 2.75) is 6.54 Å². The zero-order chi connectivity index (χ0) is 13.9. The molecule has 3 heteroatoms. The van der Waals surface area contributed by atoms with Crippen molar-refractivity contribution in [2.75, 3.05) is 7.11 Å². The molecule has 0 aliphatic heterocycles. The molecule has 0 atom stereocenters. The van der Waals surface area contributed by atoms with E-state index in [4.69, 9.17) is 4.74 Å². The molecule has 0 aliphatic rings. The number of rotatable bonds is 4. The highest BCUT2D eigenvalue weighted by atomic mass is 16.5. The number of nitrogens with zero attached hydrogens (tertiary/aromatic N) is 2. The molecule has 0 unspecified atom stereocenters. The number of para-hydroxylation sites is 2. The van der Waals surface area contributed by atoms with Gasteiger partial charge >= 0.3 is 0 Å². The van der Waals surface area contributed by atoms with Gasteiger partial charge < -0.3 is 9.30 Å². The van der Waals surface area contributed by atoms with Crippen LogP contribution in [0.1, 0.15) is 11.1 Å². The number of aromatic nitrogens is 2. The Kier molecular flexibility index (Phi) is 3.25. The first-order valence-corrected chi connectivity index (χ1v) is 6.50. The smallest absolute Gasteiger partial charge is 0.118 e. The molecule has 0 N–H and O–H groups in total. The summed E-state index contributed by atoms with van der Waals surface area (Å²) in [6.07, 6.45) is 1.88. The Balaban J connectivity index is 1.86. The Labute approximate surface area is 118 Å². The van der Waals surface area contributed by atoms with Crippen molar-refractivity contribution in [3.63, 3.8) is 0 Å². The van der Waals surface area contributed by atoms with Gasteiger partial charge in [0.1, 0.15) is 5.76 Å². The fraction of sp³-hybridized carbons (Fsp3) is 0.118. The van der Waals surface area contributed by atoms with Crippen molar-refractivity contribution in [3.05, 3.63) is 72.6 Å². The Morgan fingerprint density at radius 1 is 1.15 bits per heavy atom. The molecule has 0 saturated carbocycles. The number of benzene rings is 2. The summed E-state index contributed by atoms with van der Waals surface area (Å²) >= 11 is 0. The normalized spacial score (nSPS) is 10.7. The van der Waals surface area contributed by atoms with E-state index in [0.29, 0.717) is 5.76 Å². The summed E-state index contributed by atoms with van der Waals surface area (Å²) in [4.78, 5) is 4.40. The first-order chi connectivity index (χ1) is 9.78. The van der Waals surface area contributed by atoms with Gasteiger partial charge in [0.2, 0.25) is 0 Å². The van der Waals surface area contributed by atoms with Crippen LogP contribution in [0.3, 0.4) is 0 Å². The molecule has 0 saturated heterocycles. The summed E-state index contributed by atoms with van der Waals surface area (Å²) in [6.45, 7) is 4.66. The van der Waals surface area contributed by atoms with Gasteiger partial charge in [0, 0.05) is 12.1 Å². The molecule has 2 aromatic carbocycles. The topological polar surface area (TPSA) is 27.1 Å². The molecular formula is C17H16N2O. The first-order valence-electron chi connectivity index (χ1n) is 6.50. The molecule has 20 heavy (non-hydrogen) atoms. The van der Waals surface area contributed by atoms with Crippen molar-refractivity contribution in [1.29, 1.82) is 0 Å². The van der Waals surface area contributed by atoms with E-state index in [0.717, 1.165) is 23.1 Å². The highest BCUT2D eigenvalue weighted by Crippen LogP contribution is 2.17. The summed E-state index contributed by atoms with van der Waals surface area (Å²) < 4.78 is 7.28. The van der Waals surface area contributed by atoms with E-state index in [9.17, 15) is 0 Å². The van der Waals surface area contributed by atoms with Crippen molar-refractivity contribution < 1.29 is 4.74 Å². The van der Waals surface area contributed by atoms with E-state index in [2.05, 4.69) is 34.3 Å². The van der Waals surface area contributed by atoms with Crippen LogP contribution in [-0.4, -0.2) is 16.7 Å². The lowest BCUT2D eigenvalue weighted by Crippen LogP contribution is -1.98. The number of ether oxygens (including phenoxy) is 1. The molecule has 1 heterocycles. The number of hydrogen-bond donors (Lipinski definition) is 0. The summed E-state index contributed by atoms with van der Waals surface area (Å²) in [5.74, 6) is 0.685.